The number of halogens is 1. The molecule has 0 radical (unpaired) electrons. The average molecular weight is 407 g/mol. The molecule has 2 aromatic rings. The molecule has 2 fully saturated rings. The van der Waals surface area contributed by atoms with Crippen LogP contribution in [0.2, 0.25) is 0 Å². The Morgan fingerprint density at radius 3 is 2.68 bits per heavy atom. The van der Waals surface area contributed by atoms with E-state index in [2.05, 4.69) is 4.98 Å². The van der Waals surface area contributed by atoms with Crippen LogP contribution in [0.25, 0.3) is 0 Å². The van der Waals surface area contributed by atoms with Gasteiger partial charge in [0.1, 0.15) is 5.82 Å². The maximum atomic E-state index is 13.7. The lowest BCUT2D eigenvalue weighted by atomic mass is 9.92. The maximum Gasteiger partial charge on any atom is 0.262 e. The number of anilines is 1. The van der Waals surface area contributed by atoms with E-state index in [1.165, 1.54) is 29.0 Å². The number of hydrogen-bond donors (Lipinski definition) is 0. The van der Waals surface area contributed by atoms with Gasteiger partial charge in [-0.3, -0.25) is 9.69 Å². The highest BCUT2D eigenvalue weighted by atomic mass is 32.2. The van der Waals surface area contributed by atoms with Crippen LogP contribution in [-0.4, -0.2) is 71.8 Å². The van der Waals surface area contributed by atoms with Gasteiger partial charge in [0, 0.05) is 38.6 Å². The Morgan fingerprint density at radius 1 is 1.21 bits per heavy atom. The Hall–Kier alpha value is -2.30. The second-order valence-corrected chi connectivity index (χ2v) is 9.39. The average Bonchev–Trinajstić information content (AvgIpc) is 3.26. The number of aromatic nitrogens is 2. The normalized spacial score (nSPS) is 24.4. The zero-order valence-corrected chi connectivity index (χ0v) is 16.6. The number of imidazole rings is 1. The first-order valence-corrected chi connectivity index (χ1v) is 10.4. The summed E-state index contributed by atoms with van der Waals surface area (Å²) in [6, 6.07) is 5.91. The second kappa shape index (κ2) is 6.64. The van der Waals surface area contributed by atoms with Crippen molar-refractivity contribution < 1.29 is 17.6 Å². The number of amides is 1. The Balaban J connectivity index is 1.61. The van der Waals surface area contributed by atoms with Crippen molar-refractivity contribution in [3.8, 4) is 0 Å². The molecule has 1 spiro atoms. The van der Waals surface area contributed by atoms with E-state index in [9.17, 15) is 17.6 Å². The van der Waals surface area contributed by atoms with Gasteiger partial charge in [0.25, 0.3) is 10.0 Å². The lowest BCUT2D eigenvalue weighted by Crippen LogP contribution is -2.64. The first kappa shape index (κ1) is 19.0. The minimum atomic E-state index is -3.71. The van der Waals surface area contributed by atoms with Crippen molar-refractivity contribution in [2.75, 3.05) is 38.1 Å². The molecule has 0 saturated carbocycles. The fourth-order valence-corrected chi connectivity index (χ4v) is 5.44. The highest BCUT2D eigenvalue weighted by Gasteiger charge is 2.50. The molecule has 2 aliphatic heterocycles. The highest BCUT2D eigenvalue weighted by molar-refractivity contribution is 7.89. The van der Waals surface area contributed by atoms with Crippen molar-refractivity contribution in [1.29, 1.82) is 0 Å². The van der Waals surface area contributed by atoms with Gasteiger partial charge in [-0.25, -0.2) is 17.8 Å². The number of piperazine rings is 1. The minimum Gasteiger partial charge on any atom is -0.339 e. The van der Waals surface area contributed by atoms with E-state index in [1.54, 1.807) is 28.6 Å². The van der Waals surface area contributed by atoms with E-state index in [1.807, 2.05) is 11.9 Å². The standard InChI is InChI=1S/C18H22FN5O3S/c1-21-9-16(20-13-21)28(26,27)23-7-6-18(11-23)12-24(17(25)10-22(18)2)15-5-3-4-14(19)8-15/h3-5,8-9,13H,6-7,10-12H2,1-2H3/t18-/m1/s1. The zero-order chi connectivity index (χ0) is 20.1. The molecular weight excluding hydrogens is 385 g/mol. The van der Waals surface area contributed by atoms with Gasteiger partial charge in [-0.2, -0.15) is 4.31 Å². The van der Waals surface area contributed by atoms with Crippen LogP contribution >= 0.6 is 0 Å². The monoisotopic (exact) mass is 407 g/mol. The molecule has 1 aromatic heterocycles. The number of aryl methyl sites for hydroxylation is 1. The van der Waals surface area contributed by atoms with Crippen LogP contribution in [0.5, 0.6) is 0 Å². The summed E-state index contributed by atoms with van der Waals surface area (Å²) in [5.41, 5.74) is -0.0364. The predicted molar refractivity (Wildman–Crippen MR) is 101 cm³/mol. The van der Waals surface area contributed by atoms with Gasteiger partial charge in [-0.15, -0.1) is 0 Å². The number of benzene rings is 1. The first-order chi connectivity index (χ1) is 13.2. The van der Waals surface area contributed by atoms with E-state index in [0.29, 0.717) is 25.2 Å². The van der Waals surface area contributed by atoms with Gasteiger partial charge in [0.05, 0.1) is 18.4 Å². The summed E-state index contributed by atoms with van der Waals surface area (Å²) < 4.78 is 42.6. The number of nitrogens with zero attached hydrogens (tertiary/aromatic N) is 5. The number of sulfonamides is 1. The maximum absolute atomic E-state index is 13.7. The van der Waals surface area contributed by atoms with Crippen LogP contribution in [0.1, 0.15) is 6.42 Å². The lowest BCUT2D eigenvalue weighted by Gasteiger charge is -2.46. The van der Waals surface area contributed by atoms with Crippen molar-refractivity contribution in [2.45, 2.75) is 17.0 Å². The fraction of sp³-hybridized carbons (Fsp3) is 0.444. The predicted octanol–water partition coefficient (Wildman–Crippen LogP) is 0.671. The Labute approximate surface area is 163 Å². The molecule has 1 amide bonds. The third kappa shape index (κ3) is 3.11. The van der Waals surface area contributed by atoms with E-state index in [-0.39, 0.29) is 24.0 Å². The molecule has 1 aromatic carbocycles. The zero-order valence-electron chi connectivity index (χ0n) is 15.7. The van der Waals surface area contributed by atoms with E-state index < -0.39 is 21.4 Å². The third-order valence-corrected chi connectivity index (χ3v) is 7.37. The Kier molecular flexibility index (Phi) is 4.52. The van der Waals surface area contributed by atoms with Crippen LogP contribution in [-0.2, 0) is 21.9 Å². The number of likely N-dealkylation sites (N-methyl/N-ethyl adjacent to an activating group) is 1. The first-order valence-electron chi connectivity index (χ1n) is 8.97. The van der Waals surface area contributed by atoms with Gasteiger partial charge < -0.3 is 9.47 Å². The van der Waals surface area contributed by atoms with Crippen molar-refractivity contribution in [3.63, 3.8) is 0 Å². The molecule has 1 atom stereocenters. The molecule has 3 heterocycles. The SMILES string of the molecule is CN1CC(=O)N(c2cccc(F)c2)C[C@]12CCN(S(=O)(=O)c1cn(C)cn1)C2. The van der Waals surface area contributed by atoms with E-state index >= 15 is 0 Å². The van der Waals surface area contributed by atoms with Crippen molar-refractivity contribution >= 4 is 21.6 Å². The molecule has 0 aliphatic carbocycles. The molecule has 8 nitrogen and oxygen atoms in total. The van der Waals surface area contributed by atoms with Crippen LogP contribution in [0.3, 0.4) is 0 Å². The molecular formula is C18H22FN5O3S. The van der Waals surface area contributed by atoms with Gasteiger partial charge in [-0.1, -0.05) is 6.07 Å². The number of hydrogen-bond acceptors (Lipinski definition) is 5. The summed E-state index contributed by atoms with van der Waals surface area (Å²) in [6.07, 6.45) is 3.51. The molecule has 10 heteroatoms. The van der Waals surface area contributed by atoms with E-state index in [0.717, 1.165) is 0 Å². The summed E-state index contributed by atoms with van der Waals surface area (Å²) in [7, 11) is -0.160. The number of carbonyl (C=O) groups excluding carboxylic acids is 1. The second-order valence-electron chi connectivity index (χ2n) is 7.51. The molecule has 28 heavy (non-hydrogen) atoms. The fourth-order valence-electron chi connectivity index (χ4n) is 3.96. The quantitative estimate of drug-likeness (QED) is 0.747. The molecule has 150 valence electrons. The third-order valence-electron chi connectivity index (χ3n) is 5.64. The van der Waals surface area contributed by atoms with Gasteiger partial charge >= 0.3 is 0 Å². The summed E-state index contributed by atoms with van der Waals surface area (Å²) in [4.78, 5) is 20.0. The molecule has 0 bridgehead atoms. The number of rotatable bonds is 3. The van der Waals surface area contributed by atoms with Crippen molar-refractivity contribution in [1.82, 2.24) is 18.8 Å². The van der Waals surface area contributed by atoms with Crippen LogP contribution in [0.15, 0.2) is 41.8 Å². The summed E-state index contributed by atoms with van der Waals surface area (Å²) >= 11 is 0. The van der Waals surface area contributed by atoms with Crippen LogP contribution < -0.4 is 4.90 Å². The Morgan fingerprint density at radius 2 is 2.00 bits per heavy atom. The van der Waals surface area contributed by atoms with E-state index in [4.69, 9.17) is 0 Å². The Bertz CT molecular complexity index is 1020. The van der Waals surface area contributed by atoms with Crippen molar-refractivity contribution in [2.24, 2.45) is 7.05 Å². The molecule has 2 saturated heterocycles. The lowest BCUT2D eigenvalue weighted by molar-refractivity contribution is -0.123. The van der Waals surface area contributed by atoms with Crippen LogP contribution in [0, 0.1) is 5.82 Å². The summed E-state index contributed by atoms with van der Waals surface area (Å²) in [5, 5.41) is 0.0172. The molecule has 0 unspecified atom stereocenters. The smallest absolute Gasteiger partial charge is 0.262 e. The largest absolute Gasteiger partial charge is 0.339 e. The summed E-state index contributed by atoms with van der Waals surface area (Å²) in [6.45, 7) is 1.05. The van der Waals surface area contributed by atoms with Gasteiger partial charge in [0.2, 0.25) is 5.91 Å². The molecule has 4 rings (SSSR count). The molecule has 2 aliphatic rings. The topological polar surface area (TPSA) is 78.8 Å². The van der Waals surface area contributed by atoms with Crippen LogP contribution in [0.4, 0.5) is 10.1 Å². The van der Waals surface area contributed by atoms with Crippen molar-refractivity contribution in [3.05, 3.63) is 42.6 Å². The highest BCUT2D eigenvalue weighted by Crippen LogP contribution is 2.35. The van der Waals surface area contributed by atoms with Gasteiger partial charge in [-0.05, 0) is 31.7 Å². The molecule has 0 N–H and O–H groups in total. The van der Waals surface area contributed by atoms with Gasteiger partial charge in [0.15, 0.2) is 5.03 Å². The minimum absolute atomic E-state index is 0.0172. The summed E-state index contributed by atoms with van der Waals surface area (Å²) in [5.74, 6) is -0.547. The number of carbonyl (C=O) groups is 1.